The molecular formula is C22H28S. The minimum atomic E-state index is 0.285. The fourth-order valence-electron chi connectivity index (χ4n) is 3.66. The smallest absolute Gasteiger partial charge is 0.0355 e. The molecule has 0 fully saturated rings. The van der Waals surface area contributed by atoms with Crippen LogP contribution < -0.4 is 0 Å². The molecule has 1 heteroatoms. The Morgan fingerprint density at radius 2 is 1.65 bits per heavy atom. The van der Waals surface area contributed by atoms with E-state index < -0.39 is 0 Å². The van der Waals surface area contributed by atoms with E-state index in [2.05, 4.69) is 64.1 Å². The molecule has 23 heavy (non-hydrogen) atoms. The van der Waals surface area contributed by atoms with Gasteiger partial charge in [-0.3, -0.25) is 0 Å². The summed E-state index contributed by atoms with van der Waals surface area (Å²) in [5.41, 5.74) is 1.78. The summed E-state index contributed by atoms with van der Waals surface area (Å²) < 4.78 is 1.44. The average molecular weight is 325 g/mol. The molecule has 0 radical (unpaired) electrons. The van der Waals surface area contributed by atoms with Crippen LogP contribution in [0, 0.1) is 6.92 Å². The Kier molecular flexibility index (Phi) is 4.77. The monoisotopic (exact) mass is 324 g/mol. The Labute approximate surface area is 144 Å². The summed E-state index contributed by atoms with van der Waals surface area (Å²) >= 11 is 2.01. The topological polar surface area (TPSA) is 0 Å². The van der Waals surface area contributed by atoms with Crippen molar-refractivity contribution in [2.45, 2.75) is 65.2 Å². The van der Waals surface area contributed by atoms with E-state index in [9.17, 15) is 0 Å². The molecule has 0 aliphatic carbocycles. The number of thiophene rings is 1. The fraction of sp³-hybridized carbons (Fsp3) is 0.455. The zero-order chi connectivity index (χ0) is 16.4. The summed E-state index contributed by atoms with van der Waals surface area (Å²) in [7, 11) is 0. The first-order chi connectivity index (χ1) is 11.0. The number of benzene rings is 2. The molecule has 3 aromatic rings. The number of aryl methyl sites for hydroxylation is 1. The second-order valence-electron chi connectivity index (χ2n) is 7.45. The lowest BCUT2D eigenvalue weighted by Crippen LogP contribution is -2.16. The maximum Gasteiger partial charge on any atom is 0.0355 e. The first-order valence-corrected chi connectivity index (χ1v) is 9.77. The lowest BCUT2D eigenvalue weighted by molar-refractivity contribution is 0.452. The zero-order valence-electron chi connectivity index (χ0n) is 14.9. The highest BCUT2D eigenvalue weighted by Crippen LogP contribution is 2.42. The SMILES string of the molecule is CCCCCCC(C)(C)c1sc2cc3ccccc3cc2c1C. The minimum Gasteiger partial charge on any atom is -0.139 e. The van der Waals surface area contributed by atoms with E-state index in [0.29, 0.717) is 0 Å². The lowest BCUT2D eigenvalue weighted by atomic mass is 9.83. The van der Waals surface area contributed by atoms with Crippen LogP contribution in [0.1, 0.15) is 63.3 Å². The Morgan fingerprint density at radius 3 is 2.35 bits per heavy atom. The Balaban J connectivity index is 1.97. The Hall–Kier alpha value is -1.34. The quantitative estimate of drug-likeness (QED) is 0.409. The lowest BCUT2D eigenvalue weighted by Gasteiger charge is -2.24. The average Bonchev–Trinajstić information content (AvgIpc) is 2.87. The van der Waals surface area contributed by atoms with Gasteiger partial charge in [-0.2, -0.15) is 0 Å². The molecule has 0 saturated heterocycles. The van der Waals surface area contributed by atoms with Crippen LogP contribution in [0.2, 0.25) is 0 Å². The molecule has 0 bridgehead atoms. The third-order valence-electron chi connectivity index (χ3n) is 5.07. The third-order valence-corrected chi connectivity index (χ3v) is 6.70. The Bertz CT molecular complexity index is 807. The molecule has 0 saturated carbocycles. The summed E-state index contributed by atoms with van der Waals surface area (Å²) in [6, 6.07) is 13.5. The van der Waals surface area contributed by atoms with Crippen LogP contribution >= 0.6 is 11.3 Å². The fourth-order valence-corrected chi connectivity index (χ4v) is 5.03. The normalized spacial score (nSPS) is 12.3. The summed E-state index contributed by atoms with van der Waals surface area (Å²) in [6.07, 6.45) is 6.69. The number of unbranched alkanes of at least 4 members (excludes halogenated alkanes) is 3. The van der Waals surface area contributed by atoms with Crippen molar-refractivity contribution in [1.82, 2.24) is 0 Å². The van der Waals surface area contributed by atoms with Crippen molar-refractivity contribution in [2.24, 2.45) is 0 Å². The maximum absolute atomic E-state index is 2.43. The van der Waals surface area contributed by atoms with Gasteiger partial charge in [0, 0.05) is 9.58 Å². The molecule has 0 amide bonds. The van der Waals surface area contributed by atoms with Crippen molar-refractivity contribution < 1.29 is 0 Å². The van der Waals surface area contributed by atoms with E-state index >= 15 is 0 Å². The predicted octanol–water partition coefficient (Wildman–Crippen LogP) is 7.61. The van der Waals surface area contributed by atoms with Gasteiger partial charge in [0.25, 0.3) is 0 Å². The van der Waals surface area contributed by atoms with Gasteiger partial charge in [0.2, 0.25) is 0 Å². The highest BCUT2D eigenvalue weighted by atomic mass is 32.1. The third kappa shape index (κ3) is 3.30. The molecule has 0 nitrogen and oxygen atoms in total. The van der Waals surface area contributed by atoms with E-state index in [1.54, 1.807) is 4.88 Å². The van der Waals surface area contributed by atoms with Gasteiger partial charge in [0.05, 0.1) is 0 Å². The highest BCUT2D eigenvalue weighted by molar-refractivity contribution is 7.19. The van der Waals surface area contributed by atoms with Crippen molar-refractivity contribution in [1.29, 1.82) is 0 Å². The van der Waals surface area contributed by atoms with Crippen molar-refractivity contribution in [3.8, 4) is 0 Å². The molecular weight excluding hydrogens is 296 g/mol. The molecule has 0 aliphatic rings. The summed E-state index contributed by atoms with van der Waals surface area (Å²) in [5.74, 6) is 0. The molecule has 0 spiro atoms. The van der Waals surface area contributed by atoms with Crippen molar-refractivity contribution in [3.05, 3.63) is 46.8 Å². The minimum absolute atomic E-state index is 0.285. The van der Waals surface area contributed by atoms with E-state index in [1.165, 1.54) is 58.5 Å². The summed E-state index contributed by atoms with van der Waals surface area (Å²) in [4.78, 5) is 1.58. The molecule has 0 unspecified atom stereocenters. The van der Waals surface area contributed by atoms with E-state index in [4.69, 9.17) is 0 Å². The van der Waals surface area contributed by atoms with Crippen molar-refractivity contribution in [3.63, 3.8) is 0 Å². The molecule has 0 N–H and O–H groups in total. The summed E-state index contributed by atoms with van der Waals surface area (Å²) in [6.45, 7) is 9.45. The van der Waals surface area contributed by atoms with E-state index in [1.807, 2.05) is 11.3 Å². The van der Waals surface area contributed by atoms with Gasteiger partial charge in [-0.05, 0) is 52.6 Å². The van der Waals surface area contributed by atoms with Gasteiger partial charge in [0.1, 0.15) is 0 Å². The second-order valence-corrected chi connectivity index (χ2v) is 8.50. The zero-order valence-corrected chi connectivity index (χ0v) is 15.7. The molecule has 0 atom stereocenters. The van der Waals surface area contributed by atoms with Crippen LogP contribution in [0.4, 0.5) is 0 Å². The predicted molar refractivity (Wildman–Crippen MR) is 106 cm³/mol. The Morgan fingerprint density at radius 1 is 0.957 bits per heavy atom. The molecule has 0 aliphatic heterocycles. The number of hydrogen-bond acceptors (Lipinski definition) is 1. The van der Waals surface area contributed by atoms with E-state index in [0.717, 1.165) is 0 Å². The molecule has 122 valence electrons. The van der Waals surface area contributed by atoms with Gasteiger partial charge in [-0.1, -0.05) is 70.7 Å². The van der Waals surface area contributed by atoms with E-state index in [-0.39, 0.29) is 5.41 Å². The molecule has 1 aromatic heterocycles. The van der Waals surface area contributed by atoms with Crippen LogP contribution in [0.5, 0.6) is 0 Å². The van der Waals surface area contributed by atoms with Crippen LogP contribution in [0.15, 0.2) is 36.4 Å². The van der Waals surface area contributed by atoms with Crippen molar-refractivity contribution >= 4 is 32.2 Å². The van der Waals surface area contributed by atoms with Crippen molar-refractivity contribution in [2.75, 3.05) is 0 Å². The van der Waals surface area contributed by atoms with Crippen LogP contribution in [0.25, 0.3) is 20.9 Å². The molecule has 3 rings (SSSR count). The standard InChI is InChI=1S/C22H28S/c1-5-6-7-10-13-22(3,4)21-16(2)19-14-17-11-8-9-12-18(17)15-20(19)23-21/h8-9,11-12,14-15H,5-7,10,13H2,1-4H3. The van der Waals surface area contributed by atoms with Crippen LogP contribution in [-0.4, -0.2) is 0 Å². The van der Waals surface area contributed by atoms with Gasteiger partial charge >= 0.3 is 0 Å². The van der Waals surface area contributed by atoms with Crippen LogP contribution in [-0.2, 0) is 5.41 Å². The summed E-state index contributed by atoms with van der Waals surface area (Å²) in [5, 5.41) is 4.16. The van der Waals surface area contributed by atoms with Gasteiger partial charge < -0.3 is 0 Å². The number of rotatable bonds is 6. The molecule has 1 heterocycles. The number of fused-ring (bicyclic) bond motifs is 2. The molecule has 2 aromatic carbocycles. The number of hydrogen-bond donors (Lipinski definition) is 0. The van der Waals surface area contributed by atoms with Gasteiger partial charge in [-0.25, -0.2) is 0 Å². The maximum atomic E-state index is 2.43. The first kappa shape index (κ1) is 16.5. The second kappa shape index (κ2) is 6.65. The largest absolute Gasteiger partial charge is 0.139 e. The van der Waals surface area contributed by atoms with Gasteiger partial charge in [0.15, 0.2) is 0 Å². The van der Waals surface area contributed by atoms with Crippen LogP contribution in [0.3, 0.4) is 0 Å². The first-order valence-electron chi connectivity index (χ1n) is 8.95. The van der Waals surface area contributed by atoms with Gasteiger partial charge in [-0.15, -0.1) is 11.3 Å². The highest BCUT2D eigenvalue weighted by Gasteiger charge is 2.25.